The molecule has 10 unspecified atom stereocenters. The van der Waals surface area contributed by atoms with Gasteiger partial charge >= 0.3 is 5.97 Å². The summed E-state index contributed by atoms with van der Waals surface area (Å²) < 4.78 is 5.25. The predicted octanol–water partition coefficient (Wildman–Crippen LogP) is 24.3. The van der Waals surface area contributed by atoms with Crippen molar-refractivity contribution in [1.82, 2.24) is 0 Å². The van der Waals surface area contributed by atoms with Crippen LogP contribution < -0.4 is 24.5 Å². The van der Waals surface area contributed by atoms with Gasteiger partial charge < -0.3 is 29.2 Å². The van der Waals surface area contributed by atoms with Gasteiger partial charge in [0.2, 0.25) is 0 Å². The third kappa shape index (κ3) is 15.5. The number of hydrogen-bond acceptors (Lipinski definition) is 13. The third-order valence-corrected chi connectivity index (χ3v) is 27.1. The average molecular weight is 1570 g/mol. The van der Waals surface area contributed by atoms with Crippen molar-refractivity contribution < 1.29 is 33.5 Å². The zero-order chi connectivity index (χ0) is 80.0. The van der Waals surface area contributed by atoms with Crippen LogP contribution in [0, 0.1) is 6.92 Å². The summed E-state index contributed by atoms with van der Waals surface area (Å²) in [5, 5.41) is 0. The molecule has 0 amide bonds. The summed E-state index contributed by atoms with van der Waals surface area (Å²) in [6, 6.07) is 90.2. The normalized spacial score (nSPS) is 21.7. The van der Waals surface area contributed by atoms with Crippen molar-refractivity contribution in [2.75, 3.05) is 37.4 Å². The Kier molecular flexibility index (Phi) is 23.3. The first-order chi connectivity index (χ1) is 57.5. The van der Waals surface area contributed by atoms with E-state index in [4.69, 9.17) is 4.74 Å². The average Bonchev–Trinajstić information content (AvgIpc) is 1.45. The Hall–Kier alpha value is -11.7. The standard InChI is InChI=1S/C26H23NO.C21H21NO3.C19H19NOS.2C19H19NO/c28-18-19-14-15-26-23(16-19)22-12-7-13-25(22)27(26)17-24(20-8-3-1-4-9-20)21-10-5-2-6-11-21;1-2-25-21(24)16-6-3-4-8-19(16)22-18-9-5-7-15(18)17-12-14(13-23)10-11-20(17)22;1-22-15-8-6-14(7-9-15)20-18-4-2-3-16(18)17-11-13(12-21)5-10-19(17)20;1-13-4-2-5-15(10-13)20-18-7-3-6-16(18)17-11-14(12-21)8-9-19(17)20;21-13-15-9-10-19-17(11-15)16-7-4-8-18(16)20(19)12-14-5-2-1-3-6-14/h1-6,8-11,14-18,22,25H,7,12-13H2;3-4,6,8,10-13,15,18H,2,5,7,9H2,1H3;5-12,16,18H,2-4H2,1H3;2,4-5,8-12,16,18H,3,6-7H2,1H3;1-3,5-6,9-11,13,16,18H,4,7-8,12H2. The molecule has 0 N–H and O–H groups in total. The molecule has 5 aliphatic heterocycles. The van der Waals surface area contributed by atoms with Gasteiger partial charge in [-0.05, 0) is 274 Å². The number of esters is 1. The number of anilines is 8. The van der Waals surface area contributed by atoms with E-state index in [-0.39, 0.29) is 5.97 Å². The lowest BCUT2D eigenvalue weighted by Gasteiger charge is -2.28. The van der Waals surface area contributed by atoms with Gasteiger partial charge in [-0.1, -0.05) is 147 Å². The van der Waals surface area contributed by atoms with E-state index in [1.807, 2.05) is 73.7 Å². The molecular weight excluding hydrogens is 1460 g/mol. The molecule has 0 spiro atoms. The minimum atomic E-state index is -0.286. The summed E-state index contributed by atoms with van der Waals surface area (Å²) in [4.78, 5) is 81.8. The van der Waals surface area contributed by atoms with Crippen LogP contribution in [0.1, 0.15) is 245 Å². The first-order valence-corrected chi connectivity index (χ1v) is 43.5. The number of ether oxygens (including phenoxy) is 1. The molecule has 13 heteroatoms. The predicted molar refractivity (Wildman–Crippen MR) is 474 cm³/mol. The number of fused-ring (bicyclic) bond motifs is 15. The molecule has 0 bridgehead atoms. The summed E-state index contributed by atoms with van der Waals surface area (Å²) in [6.07, 6.45) is 27.5. The lowest BCUT2D eigenvalue weighted by Crippen LogP contribution is -2.30. The van der Waals surface area contributed by atoms with Crippen molar-refractivity contribution in [3.05, 3.63) is 344 Å². The highest BCUT2D eigenvalue weighted by Crippen LogP contribution is 2.57. The minimum Gasteiger partial charge on any atom is -0.462 e. The zero-order valence-electron chi connectivity index (χ0n) is 67.0. The van der Waals surface area contributed by atoms with Crippen molar-refractivity contribution in [1.29, 1.82) is 0 Å². The maximum absolute atomic E-state index is 12.4. The van der Waals surface area contributed by atoms with Gasteiger partial charge in [0.25, 0.3) is 0 Å². The van der Waals surface area contributed by atoms with Crippen LogP contribution in [-0.4, -0.2) is 80.5 Å². The molecule has 10 atom stereocenters. The summed E-state index contributed by atoms with van der Waals surface area (Å²) in [7, 11) is 0. The summed E-state index contributed by atoms with van der Waals surface area (Å²) in [6.45, 7) is 5.29. The second-order valence-electron chi connectivity index (χ2n) is 32.9. The number of hydrogen-bond donors (Lipinski definition) is 0. The van der Waals surface area contributed by atoms with E-state index in [9.17, 15) is 28.8 Å². The van der Waals surface area contributed by atoms with Crippen LogP contribution in [0.15, 0.2) is 266 Å². The van der Waals surface area contributed by atoms with Crippen LogP contribution in [0.25, 0.3) is 5.57 Å². The molecule has 117 heavy (non-hydrogen) atoms. The molecule has 5 fully saturated rings. The fraction of sp³-hybridized carbons (Fsp3) is 0.288. The molecule has 590 valence electrons. The molecule has 0 saturated heterocycles. The monoisotopic (exact) mass is 1560 g/mol. The summed E-state index contributed by atoms with van der Waals surface area (Å²) >= 11 is 1.77. The SMILES string of the molecule is CCOC(=O)c1ccccc1N1c2ccc(C=O)cc2C2CCCC21.CSc1ccc(N2c3ccc(C=O)cc3C3CCCC32)cc1.Cc1cccc(N2c3ccc(C=O)cc3C3CCCC32)c1.O=Cc1ccc2c(c1)C1CCCC1N2C=C(c1ccccc1)c1ccccc1.O=Cc1ccc2c(c1)C1CCCC1N2Cc1ccccc1. The van der Waals surface area contributed by atoms with Crippen molar-refractivity contribution >= 4 is 100 Å². The number of rotatable bonds is 16. The highest BCUT2D eigenvalue weighted by atomic mass is 32.2. The van der Waals surface area contributed by atoms with Crippen molar-refractivity contribution in [3.8, 4) is 0 Å². The third-order valence-electron chi connectivity index (χ3n) is 26.4. The zero-order valence-corrected chi connectivity index (χ0v) is 67.8. The largest absolute Gasteiger partial charge is 0.462 e. The van der Waals surface area contributed by atoms with Crippen LogP contribution in [0.2, 0.25) is 0 Å². The molecule has 10 aliphatic rings. The topological polar surface area (TPSA) is 128 Å². The first kappa shape index (κ1) is 77.9. The Bertz CT molecular complexity index is 5460. The highest BCUT2D eigenvalue weighted by Gasteiger charge is 2.47. The molecule has 11 aromatic carbocycles. The van der Waals surface area contributed by atoms with Crippen molar-refractivity contribution in [3.63, 3.8) is 0 Å². The second kappa shape index (κ2) is 35.0. The van der Waals surface area contributed by atoms with Crippen LogP contribution in [-0.2, 0) is 11.3 Å². The molecule has 5 heterocycles. The van der Waals surface area contributed by atoms with E-state index in [0.717, 1.165) is 90.9 Å². The number of thioether (sulfide) groups is 1. The minimum absolute atomic E-state index is 0.286. The van der Waals surface area contributed by atoms with Gasteiger partial charge in [0, 0.05) is 151 Å². The van der Waals surface area contributed by atoms with Crippen LogP contribution in [0.3, 0.4) is 0 Å². The lowest BCUT2D eigenvalue weighted by molar-refractivity contribution is 0.0526. The number of aryl methyl sites for hydroxylation is 1. The Labute approximate surface area is 692 Å². The van der Waals surface area contributed by atoms with Gasteiger partial charge in [0.15, 0.2) is 0 Å². The number of carbonyl (C=O) groups excluding carboxylic acids is 6. The van der Waals surface area contributed by atoms with E-state index < -0.39 is 0 Å². The Morgan fingerprint density at radius 1 is 0.376 bits per heavy atom. The molecule has 21 rings (SSSR count). The Balaban J connectivity index is 0.000000105. The van der Waals surface area contributed by atoms with Crippen LogP contribution >= 0.6 is 11.8 Å². The van der Waals surface area contributed by atoms with Crippen LogP contribution in [0.5, 0.6) is 0 Å². The molecule has 11 aromatic rings. The maximum atomic E-state index is 12.4. The molecular formula is C104H101N5O7S. The van der Waals surface area contributed by atoms with E-state index >= 15 is 0 Å². The lowest BCUT2D eigenvalue weighted by atomic mass is 9.96. The fourth-order valence-electron chi connectivity index (χ4n) is 21.3. The summed E-state index contributed by atoms with van der Waals surface area (Å²) in [5.41, 5.74) is 27.2. The Morgan fingerprint density at radius 2 is 0.778 bits per heavy atom. The van der Waals surface area contributed by atoms with E-state index in [1.165, 1.54) is 172 Å². The maximum Gasteiger partial charge on any atom is 0.340 e. The molecule has 0 radical (unpaired) electrons. The van der Waals surface area contributed by atoms with Gasteiger partial charge in [-0.2, -0.15) is 0 Å². The van der Waals surface area contributed by atoms with Gasteiger partial charge in [0.1, 0.15) is 31.4 Å². The summed E-state index contributed by atoms with van der Waals surface area (Å²) in [5.74, 6) is 2.44. The molecule has 0 aromatic heterocycles. The van der Waals surface area contributed by atoms with E-state index in [0.29, 0.717) is 77.5 Å². The number of nitrogens with zero attached hydrogens (tertiary/aromatic N) is 5. The number of benzene rings is 11. The number of carbonyl (C=O) groups is 6. The second-order valence-corrected chi connectivity index (χ2v) is 33.8. The van der Waals surface area contributed by atoms with Crippen LogP contribution in [0.4, 0.5) is 45.5 Å². The Morgan fingerprint density at radius 3 is 1.26 bits per heavy atom. The molecule has 5 aliphatic carbocycles. The first-order valence-electron chi connectivity index (χ1n) is 42.3. The fourth-order valence-corrected chi connectivity index (χ4v) is 21.7. The van der Waals surface area contributed by atoms with E-state index in [2.05, 4.69) is 232 Å². The van der Waals surface area contributed by atoms with Gasteiger partial charge in [-0.25, -0.2) is 4.79 Å². The number of para-hydroxylation sites is 1. The molecule has 12 nitrogen and oxygen atoms in total. The molecule has 5 saturated carbocycles. The number of aldehydes is 5. The van der Waals surface area contributed by atoms with Gasteiger partial charge in [-0.15, -0.1) is 11.8 Å². The van der Waals surface area contributed by atoms with Crippen molar-refractivity contribution in [2.24, 2.45) is 0 Å². The van der Waals surface area contributed by atoms with Gasteiger partial charge in [0.05, 0.1) is 17.9 Å². The quantitative estimate of drug-likeness (QED) is 0.0518. The highest BCUT2D eigenvalue weighted by molar-refractivity contribution is 7.98. The van der Waals surface area contributed by atoms with Gasteiger partial charge in [-0.3, -0.25) is 24.0 Å². The van der Waals surface area contributed by atoms with Crippen molar-refractivity contribution in [2.45, 2.75) is 181 Å². The smallest absolute Gasteiger partial charge is 0.340 e. The van der Waals surface area contributed by atoms with E-state index in [1.54, 1.807) is 11.8 Å².